The molecule has 1 N–H and O–H groups in total. The van der Waals surface area contributed by atoms with E-state index in [-0.39, 0.29) is 5.97 Å². The lowest BCUT2D eigenvalue weighted by molar-refractivity contribution is -0.150. The first-order valence-electron chi connectivity index (χ1n) is 7.77. The SMILES string of the molecule is CCNC(C)(CCCCN1CCCC1)C(=O)OCC. The maximum atomic E-state index is 12.0. The Labute approximate surface area is 117 Å². The molecule has 1 aliphatic heterocycles. The first kappa shape index (κ1) is 16.4. The summed E-state index contributed by atoms with van der Waals surface area (Å²) in [6.45, 7) is 10.8. The first-order chi connectivity index (χ1) is 9.12. The van der Waals surface area contributed by atoms with Crippen LogP contribution in [-0.4, -0.2) is 49.2 Å². The fourth-order valence-electron chi connectivity index (χ4n) is 2.76. The molecule has 0 amide bonds. The van der Waals surface area contributed by atoms with E-state index in [0.717, 1.165) is 19.4 Å². The zero-order chi connectivity index (χ0) is 14.1. The van der Waals surface area contributed by atoms with E-state index < -0.39 is 5.54 Å². The lowest BCUT2D eigenvalue weighted by Gasteiger charge is -2.28. The van der Waals surface area contributed by atoms with Gasteiger partial charge in [-0.1, -0.05) is 6.92 Å². The molecule has 0 bridgehead atoms. The van der Waals surface area contributed by atoms with E-state index in [1.807, 2.05) is 20.8 Å². The van der Waals surface area contributed by atoms with Gasteiger partial charge in [0.2, 0.25) is 0 Å². The molecule has 1 atom stereocenters. The number of hydrogen-bond acceptors (Lipinski definition) is 4. The number of unbranched alkanes of at least 4 members (excludes halogenated alkanes) is 1. The van der Waals surface area contributed by atoms with Crippen LogP contribution in [0.4, 0.5) is 0 Å². The number of esters is 1. The minimum atomic E-state index is -0.518. The topological polar surface area (TPSA) is 41.6 Å². The number of carbonyl (C=O) groups is 1. The Hall–Kier alpha value is -0.610. The maximum Gasteiger partial charge on any atom is 0.326 e. The van der Waals surface area contributed by atoms with E-state index in [4.69, 9.17) is 4.74 Å². The predicted octanol–water partition coefficient (Wildman–Crippen LogP) is 2.18. The fourth-order valence-corrected chi connectivity index (χ4v) is 2.76. The van der Waals surface area contributed by atoms with Gasteiger partial charge in [0.05, 0.1) is 6.61 Å². The molecule has 1 aliphatic rings. The quantitative estimate of drug-likeness (QED) is 0.515. The Kier molecular flexibility index (Phi) is 7.39. The van der Waals surface area contributed by atoms with Crippen LogP contribution in [0, 0.1) is 0 Å². The van der Waals surface area contributed by atoms with Crippen molar-refractivity contribution < 1.29 is 9.53 Å². The summed E-state index contributed by atoms with van der Waals surface area (Å²) in [4.78, 5) is 14.5. The molecule has 1 heterocycles. The number of likely N-dealkylation sites (N-methyl/N-ethyl adjacent to an activating group) is 1. The summed E-state index contributed by atoms with van der Waals surface area (Å²) < 4.78 is 5.18. The standard InChI is InChI=1S/C15H30N2O2/c1-4-16-15(3,14(18)19-5-2)10-6-7-11-17-12-8-9-13-17/h16H,4-13H2,1-3H3. The van der Waals surface area contributed by atoms with Gasteiger partial charge < -0.3 is 15.0 Å². The molecule has 0 spiro atoms. The normalized spacial score (nSPS) is 19.3. The highest BCUT2D eigenvalue weighted by molar-refractivity contribution is 5.80. The Balaban J connectivity index is 2.29. The molecule has 0 radical (unpaired) electrons. The van der Waals surface area contributed by atoms with Crippen molar-refractivity contribution >= 4 is 5.97 Å². The molecule has 1 fully saturated rings. The summed E-state index contributed by atoms with van der Waals surface area (Å²) in [5.41, 5.74) is -0.518. The van der Waals surface area contributed by atoms with Crippen molar-refractivity contribution in [3.8, 4) is 0 Å². The van der Waals surface area contributed by atoms with E-state index in [0.29, 0.717) is 6.61 Å². The molecular formula is C15H30N2O2. The second-order valence-corrected chi connectivity index (χ2v) is 5.59. The molecule has 0 aromatic heterocycles. The van der Waals surface area contributed by atoms with Gasteiger partial charge in [0.15, 0.2) is 0 Å². The molecule has 112 valence electrons. The summed E-state index contributed by atoms with van der Waals surface area (Å²) in [6.07, 6.45) is 5.78. The minimum Gasteiger partial charge on any atom is -0.465 e. The first-order valence-corrected chi connectivity index (χ1v) is 7.77. The lowest BCUT2D eigenvalue weighted by Crippen LogP contribution is -2.50. The molecule has 0 aromatic rings. The zero-order valence-corrected chi connectivity index (χ0v) is 12.8. The van der Waals surface area contributed by atoms with Crippen LogP contribution >= 0.6 is 0 Å². The highest BCUT2D eigenvalue weighted by atomic mass is 16.5. The lowest BCUT2D eigenvalue weighted by atomic mass is 9.94. The van der Waals surface area contributed by atoms with Crippen LogP contribution in [0.1, 0.15) is 52.9 Å². The van der Waals surface area contributed by atoms with Crippen LogP contribution in [-0.2, 0) is 9.53 Å². The van der Waals surface area contributed by atoms with Crippen molar-refractivity contribution in [1.29, 1.82) is 0 Å². The summed E-state index contributed by atoms with van der Waals surface area (Å²) in [6, 6.07) is 0. The highest BCUT2D eigenvalue weighted by Gasteiger charge is 2.33. The molecule has 1 saturated heterocycles. The Morgan fingerprint density at radius 1 is 1.26 bits per heavy atom. The minimum absolute atomic E-state index is 0.113. The third kappa shape index (κ3) is 5.49. The van der Waals surface area contributed by atoms with Gasteiger partial charge in [-0.2, -0.15) is 0 Å². The monoisotopic (exact) mass is 270 g/mol. The third-order valence-electron chi connectivity index (χ3n) is 3.89. The van der Waals surface area contributed by atoms with E-state index in [9.17, 15) is 4.79 Å². The Bertz CT molecular complexity index is 265. The molecule has 1 rings (SSSR count). The van der Waals surface area contributed by atoms with Crippen LogP contribution in [0.5, 0.6) is 0 Å². The number of nitrogens with zero attached hydrogens (tertiary/aromatic N) is 1. The van der Waals surface area contributed by atoms with E-state index in [2.05, 4.69) is 10.2 Å². The fraction of sp³-hybridized carbons (Fsp3) is 0.933. The highest BCUT2D eigenvalue weighted by Crippen LogP contribution is 2.17. The molecule has 0 saturated carbocycles. The van der Waals surface area contributed by atoms with Gasteiger partial charge in [-0.25, -0.2) is 0 Å². The van der Waals surface area contributed by atoms with Gasteiger partial charge in [0, 0.05) is 0 Å². The molecule has 0 aliphatic carbocycles. The molecule has 4 nitrogen and oxygen atoms in total. The van der Waals surface area contributed by atoms with Crippen LogP contribution in [0.3, 0.4) is 0 Å². The summed E-state index contributed by atoms with van der Waals surface area (Å²) in [5.74, 6) is -0.113. The van der Waals surface area contributed by atoms with Crippen LogP contribution in [0.2, 0.25) is 0 Å². The van der Waals surface area contributed by atoms with E-state index in [1.54, 1.807) is 0 Å². The second-order valence-electron chi connectivity index (χ2n) is 5.59. The van der Waals surface area contributed by atoms with Crippen molar-refractivity contribution in [2.45, 2.75) is 58.4 Å². The maximum absolute atomic E-state index is 12.0. The van der Waals surface area contributed by atoms with Gasteiger partial charge >= 0.3 is 5.97 Å². The molecule has 19 heavy (non-hydrogen) atoms. The Morgan fingerprint density at radius 2 is 1.95 bits per heavy atom. The van der Waals surface area contributed by atoms with Gasteiger partial charge in [0.25, 0.3) is 0 Å². The number of likely N-dealkylation sites (tertiary alicyclic amines) is 1. The predicted molar refractivity (Wildman–Crippen MR) is 78.2 cm³/mol. The van der Waals surface area contributed by atoms with E-state index >= 15 is 0 Å². The van der Waals surface area contributed by atoms with Crippen LogP contribution in [0.15, 0.2) is 0 Å². The summed E-state index contributed by atoms with van der Waals surface area (Å²) in [5, 5.41) is 3.28. The van der Waals surface area contributed by atoms with Crippen LogP contribution < -0.4 is 5.32 Å². The van der Waals surface area contributed by atoms with Gasteiger partial charge in [-0.05, 0) is 72.1 Å². The number of rotatable bonds is 9. The Morgan fingerprint density at radius 3 is 2.53 bits per heavy atom. The van der Waals surface area contributed by atoms with Crippen molar-refractivity contribution in [1.82, 2.24) is 10.2 Å². The number of ether oxygens (including phenoxy) is 1. The number of hydrogen-bond donors (Lipinski definition) is 1. The molecule has 4 heteroatoms. The average Bonchev–Trinajstić information content (AvgIpc) is 2.88. The number of carbonyl (C=O) groups excluding carboxylic acids is 1. The van der Waals surface area contributed by atoms with Gasteiger partial charge in [0.1, 0.15) is 5.54 Å². The summed E-state index contributed by atoms with van der Waals surface area (Å²) >= 11 is 0. The second kappa shape index (κ2) is 8.54. The molecule has 1 unspecified atom stereocenters. The molecule has 0 aromatic carbocycles. The van der Waals surface area contributed by atoms with Crippen molar-refractivity contribution in [2.24, 2.45) is 0 Å². The summed E-state index contributed by atoms with van der Waals surface area (Å²) in [7, 11) is 0. The largest absolute Gasteiger partial charge is 0.465 e. The zero-order valence-electron chi connectivity index (χ0n) is 12.8. The number of nitrogens with one attached hydrogen (secondary N) is 1. The van der Waals surface area contributed by atoms with Crippen LogP contribution in [0.25, 0.3) is 0 Å². The van der Waals surface area contributed by atoms with E-state index in [1.165, 1.54) is 38.9 Å². The van der Waals surface area contributed by atoms with Crippen molar-refractivity contribution in [3.05, 3.63) is 0 Å². The van der Waals surface area contributed by atoms with Crippen molar-refractivity contribution in [2.75, 3.05) is 32.8 Å². The molecular weight excluding hydrogens is 240 g/mol. The van der Waals surface area contributed by atoms with Crippen molar-refractivity contribution in [3.63, 3.8) is 0 Å². The average molecular weight is 270 g/mol. The van der Waals surface area contributed by atoms with Gasteiger partial charge in [-0.3, -0.25) is 4.79 Å². The smallest absolute Gasteiger partial charge is 0.326 e. The van der Waals surface area contributed by atoms with Gasteiger partial charge in [-0.15, -0.1) is 0 Å². The third-order valence-corrected chi connectivity index (χ3v) is 3.89.